The largest absolute Gasteiger partial charge is 0.478 e. The topological polar surface area (TPSA) is 43.8 Å². The van der Waals surface area contributed by atoms with Gasteiger partial charge in [0.2, 0.25) is 0 Å². The van der Waals surface area contributed by atoms with E-state index in [0.29, 0.717) is 5.02 Å². The second-order valence-electron chi connectivity index (χ2n) is 5.32. The van der Waals surface area contributed by atoms with Gasteiger partial charge in [0.1, 0.15) is 0 Å². The number of hydrogen-bond donors (Lipinski definition) is 1. The summed E-state index contributed by atoms with van der Waals surface area (Å²) in [5, 5.41) is 9.43. The molecule has 0 unspecified atom stereocenters. The molecule has 0 atom stereocenters. The Bertz CT molecular complexity index is 525. The monoisotopic (exact) mass is 308 g/mol. The van der Waals surface area contributed by atoms with Crippen LogP contribution in [0.3, 0.4) is 0 Å². The van der Waals surface area contributed by atoms with Crippen molar-refractivity contribution in [3.8, 4) is 0 Å². The van der Waals surface area contributed by atoms with Gasteiger partial charge in [0, 0.05) is 26.2 Å². The molecular formula is C16H21ClN2O2. The summed E-state index contributed by atoms with van der Waals surface area (Å²) in [6, 6.07) is 5.55. The van der Waals surface area contributed by atoms with E-state index < -0.39 is 5.97 Å². The van der Waals surface area contributed by atoms with Gasteiger partial charge >= 0.3 is 5.97 Å². The van der Waals surface area contributed by atoms with E-state index in [2.05, 4.69) is 9.80 Å². The average molecular weight is 309 g/mol. The molecule has 114 valence electrons. The predicted octanol–water partition coefficient (Wildman–Crippen LogP) is 2.97. The molecule has 0 aromatic heterocycles. The van der Waals surface area contributed by atoms with E-state index >= 15 is 0 Å². The fraction of sp³-hybridized carbons (Fsp3) is 0.438. The van der Waals surface area contributed by atoms with Crippen molar-refractivity contribution >= 4 is 29.3 Å². The first kappa shape index (κ1) is 15.9. The zero-order valence-electron chi connectivity index (χ0n) is 12.3. The van der Waals surface area contributed by atoms with Gasteiger partial charge in [-0.1, -0.05) is 23.7 Å². The molecule has 1 heterocycles. The summed E-state index contributed by atoms with van der Waals surface area (Å²) in [6.07, 6.45) is 5.30. The van der Waals surface area contributed by atoms with Gasteiger partial charge in [-0.15, -0.1) is 0 Å². The van der Waals surface area contributed by atoms with Crippen molar-refractivity contribution in [1.82, 2.24) is 4.90 Å². The maximum absolute atomic E-state index is 10.7. The zero-order valence-corrected chi connectivity index (χ0v) is 13.0. The van der Waals surface area contributed by atoms with Crippen LogP contribution in [0, 0.1) is 0 Å². The third-order valence-electron chi connectivity index (χ3n) is 3.76. The minimum Gasteiger partial charge on any atom is -0.478 e. The highest BCUT2D eigenvalue weighted by atomic mass is 35.5. The summed E-state index contributed by atoms with van der Waals surface area (Å²) in [7, 11) is 2.00. The Hall–Kier alpha value is -1.52. The molecule has 1 aromatic rings. The molecule has 1 aliphatic rings. The van der Waals surface area contributed by atoms with E-state index in [0.717, 1.165) is 30.4 Å². The minimum atomic E-state index is -0.958. The lowest BCUT2D eigenvalue weighted by atomic mass is 10.1. The molecule has 4 nitrogen and oxygen atoms in total. The van der Waals surface area contributed by atoms with Gasteiger partial charge in [0.15, 0.2) is 0 Å². The van der Waals surface area contributed by atoms with Crippen molar-refractivity contribution in [2.24, 2.45) is 0 Å². The molecule has 0 radical (unpaired) electrons. The Kier molecular flexibility index (Phi) is 5.65. The van der Waals surface area contributed by atoms with Gasteiger partial charge in [0.25, 0.3) is 0 Å². The quantitative estimate of drug-likeness (QED) is 0.821. The number of hydrogen-bond acceptors (Lipinski definition) is 3. The molecule has 5 heteroatoms. The number of likely N-dealkylation sites (tertiary alicyclic amines) is 1. The highest BCUT2D eigenvalue weighted by Crippen LogP contribution is 2.30. The van der Waals surface area contributed by atoms with E-state index in [1.165, 1.54) is 25.9 Å². The first-order chi connectivity index (χ1) is 10.1. The van der Waals surface area contributed by atoms with Crippen LogP contribution in [0.15, 0.2) is 24.3 Å². The molecule has 0 spiro atoms. The highest BCUT2D eigenvalue weighted by molar-refractivity contribution is 6.33. The Labute approximate surface area is 130 Å². The van der Waals surface area contributed by atoms with Crippen LogP contribution in [0.1, 0.15) is 18.4 Å². The summed E-state index contributed by atoms with van der Waals surface area (Å²) in [5.41, 5.74) is 1.71. The first-order valence-corrected chi connectivity index (χ1v) is 7.59. The number of aliphatic carboxylic acids is 1. The molecule has 1 N–H and O–H groups in total. The van der Waals surface area contributed by atoms with Gasteiger partial charge in [-0.25, -0.2) is 4.79 Å². The van der Waals surface area contributed by atoms with E-state index in [-0.39, 0.29) is 0 Å². The second-order valence-corrected chi connectivity index (χ2v) is 5.73. The summed E-state index contributed by atoms with van der Waals surface area (Å²) in [5.74, 6) is -0.958. The summed E-state index contributed by atoms with van der Waals surface area (Å²) < 4.78 is 0. The molecule has 1 fully saturated rings. The Morgan fingerprint density at radius 2 is 2.14 bits per heavy atom. The Morgan fingerprint density at radius 1 is 1.43 bits per heavy atom. The van der Waals surface area contributed by atoms with Crippen molar-refractivity contribution in [3.05, 3.63) is 34.9 Å². The molecule has 1 saturated heterocycles. The third kappa shape index (κ3) is 4.48. The van der Waals surface area contributed by atoms with Gasteiger partial charge in [-0.2, -0.15) is 0 Å². The van der Waals surface area contributed by atoms with Crippen LogP contribution in [0.25, 0.3) is 6.08 Å². The molecule has 0 aliphatic carbocycles. The predicted molar refractivity (Wildman–Crippen MR) is 87.1 cm³/mol. The van der Waals surface area contributed by atoms with Crippen LogP contribution >= 0.6 is 11.6 Å². The average Bonchev–Trinajstić information content (AvgIpc) is 2.95. The lowest BCUT2D eigenvalue weighted by Gasteiger charge is -2.25. The van der Waals surface area contributed by atoms with Crippen LogP contribution in [0.5, 0.6) is 0 Å². The highest BCUT2D eigenvalue weighted by Gasteiger charge is 2.14. The number of halogens is 1. The first-order valence-electron chi connectivity index (χ1n) is 7.21. The zero-order chi connectivity index (χ0) is 15.2. The number of carbonyl (C=O) groups is 1. The molecule has 0 saturated carbocycles. The van der Waals surface area contributed by atoms with E-state index in [9.17, 15) is 4.79 Å². The van der Waals surface area contributed by atoms with Crippen LogP contribution in [0.2, 0.25) is 5.02 Å². The van der Waals surface area contributed by atoms with Crippen molar-refractivity contribution in [2.45, 2.75) is 12.8 Å². The fourth-order valence-corrected chi connectivity index (χ4v) is 2.97. The Morgan fingerprint density at radius 3 is 2.81 bits per heavy atom. The lowest BCUT2D eigenvalue weighted by molar-refractivity contribution is -0.131. The van der Waals surface area contributed by atoms with Crippen molar-refractivity contribution in [2.75, 3.05) is 38.1 Å². The summed E-state index contributed by atoms with van der Waals surface area (Å²) >= 11 is 6.30. The van der Waals surface area contributed by atoms with Gasteiger partial charge in [-0.3, -0.25) is 0 Å². The number of nitrogens with zero attached hydrogens (tertiary/aromatic N) is 2. The van der Waals surface area contributed by atoms with Crippen LogP contribution in [-0.4, -0.2) is 49.2 Å². The number of carboxylic acids is 1. The van der Waals surface area contributed by atoms with E-state index in [1.54, 1.807) is 6.08 Å². The van der Waals surface area contributed by atoms with Gasteiger partial charge in [-0.05, 0) is 43.6 Å². The number of benzene rings is 1. The van der Waals surface area contributed by atoms with Crippen LogP contribution < -0.4 is 4.90 Å². The third-order valence-corrected chi connectivity index (χ3v) is 4.06. The van der Waals surface area contributed by atoms with Crippen molar-refractivity contribution in [3.63, 3.8) is 0 Å². The summed E-state index contributed by atoms with van der Waals surface area (Å²) in [4.78, 5) is 15.2. The smallest absolute Gasteiger partial charge is 0.328 e. The maximum atomic E-state index is 10.7. The fourth-order valence-electron chi connectivity index (χ4n) is 2.64. The second kappa shape index (κ2) is 7.48. The molecule has 1 aliphatic heterocycles. The maximum Gasteiger partial charge on any atom is 0.328 e. The van der Waals surface area contributed by atoms with Crippen molar-refractivity contribution in [1.29, 1.82) is 0 Å². The number of anilines is 1. The normalized spacial score (nSPS) is 15.7. The standard InChI is InChI=1S/C16H21ClN2O2/c1-18(11-12-19-9-2-3-10-19)16-13(7-8-15(20)21)5-4-6-14(16)17/h4-8H,2-3,9-12H2,1H3,(H,20,21)/b8-7+. The number of rotatable bonds is 6. The molecule has 0 amide bonds. The molecule has 1 aromatic carbocycles. The molecule has 0 bridgehead atoms. The molecule has 2 rings (SSSR count). The minimum absolute atomic E-state index is 0.645. The van der Waals surface area contributed by atoms with Crippen LogP contribution in [0.4, 0.5) is 5.69 Å². The number of carboxylic acid groups (broad SMARTS) is 1. The lowest BCUT2D eigenvalue weighted by Crippen LogP contribution is -2.31. The van der Waals surface area contributed by atoms with Gasteiger partial charge in [0.05, 0.1) is 10.7 Å². The van der Waals surface area contributed by atoms with E-state index in [4.69, 9.17) is 16.7 Å². The Balaban J connectivity index is 2.10. The number of likely N-dealkylation sites (N-methyl/N-ethyl adjacent to an activating group) is 1. The van der Waals surface area contributed by atoms with E-state index in [1.807, 2.05) is 25.2 Å². The number of para-hydroxylation sites is 1. The van der Waals surface area contributed by atoms with Crippen LogP contribution in [-0.2, 0) is 4.79 Å². The molecular weight excluding hydrogens is 288 g/mol. The van der Waals surface area contributed by atoms with Gasteiger partial charge < -0.3 is 14.9 Å². The van der Waals surface area contributed by atoms with Crippen molar-refractivity contribution < 1.29 is 9.90 Å². The SMILES string of the molecule is CN(CCN1CCCC1)c1c(Cl)cccc1/C=C/C(=O)O. The molecule has 21 heavy (non-hydrogen) atoms. The summed E-state index contributed by atoms with van der Waals surface area (Å²) in [6.45, 7) is 4.21.